The van der Waals surface area contributed by atoms with Crippen molar-refractivity contribution in [3.05, 3.63) is 65.5 Å². The molecule has 0 saturated heterocycles. The highest BCUT2D eigenvalue weighted by Crippen LogP contribution is 2.32. The molecule has 144 valence electrons. The first kappa shape index (κ1) is 19.5. The van der Waals surface area contributed by atoms with Crippen LogP contribution in [0.5, 0.6) is 0 Å². The Bertz CT molecular complexity index is 936. The summed E-state index contributed by atoms with van der Waals surface area (Å²) in [5.74, 6) is -0.270. The highest BCUT2D eigenvalue weighted by atomic mass is 32.2. The van der Waals surface area contributed by atoms with E-state index >= 15 is 0 Å². The molecule has 3 rings (SSSR count). The zero-order valence-corrected chi connectivity index (χ0v) is 16.6. The van der Waals surface area contributed by atoms with Gasteiger partial charge in [0.15, 0.2) is 9.84 Å². The molecule has 27 heavy (non-hydrogen) atoms. The number of nitrogens with one attached hydrogen (secondary N) is 1. The zero-order chi connectivity index (χ0) is 19.6. The maximum atomic E-state index is 13.3. The number of likely N-dealkylation sites (N-methyl/N-ethyl adjacent to an activating group) is 1. The van der Waals surface area contributed by atoms with Crippen LogP contribution in [0.1, 0.15) is 11.1 Å². The first-order valence-corrected chi connectivity index (χ1v) is 10.6. The van der Waals surface area contributed by atoms with Gasteiger partial charge in [-0.15, -0.1) is 0 Å². The standard InChI is InChI=1S/C20H24FN3O2S/c1-23(2)12-13-24-20(16-6-10-18(11-7-16)27(3,25)26)19(14-22-24)15-4-8-17(21)9-5-15/h4-11,22H,12-14H2,1-3H3. The van der Waals surface area contributed by atoms with E-state index in [0.717, 1.165) is 35.5 Å². The maximum Gasteiger partial charge on any atom is 0.175 e. The number of hydrogen-bond acceptors (Lipinski definition) is 5. The van der Waals surface area contributed by atoms with Gasteiger partial charge in [0.25, 0.3) is 0 Å². The number of benzene rings is 2. The Hall–Kier alpha value is -2.22. The van der Waals surface area contributed by atoms with Crippen molar-refractivity contribution in [1.29, 1.82) is 0 Å². The van der Waals surface area contributed by atoms with Gasteiger partial charge in [-0.3, -0.25) is 0 Å². The van der Waals surface area contributed by atoms with Gasteiger partial charge in [0.2, 0.25) is 0 Å². The molecule has 1 aliphatic rings. The van der Waals surface area contributed by atoms with Gasteiger partial charge < -0.3 is 9.91 Å². The van der Waals surface area contributed by atoms with Gasteiger partial charge in [-0.05, 0) is 49.5 Å². The molecule has 1 heterocycles. The van der Waals surface area contributed by atoms with Crippen molar-refractivity contribution in [2.45, 2.75) is 4.90 Å². The summed E-state index contributed by atoms with van der Waals surface area (Å²) in [4.78, 5) is 2.39. The summed E-state index contributed by atoms with van der Waals surface area (Å²) in [7, 11) is 0.788. The molecule has 0 aliphatic carbocycles. The number of hydrazine groups is 1. The van der Waals surface area contributed by atoms with Gasteiger partial charge in [-0.2, -0.15) is 0 Å². The Morgan fingerprint density at radius 1 is 1.04 bits per heavy atom. The second-order valence-electron chi connectivity index (χ2n) is 6.92. The fraction of sp³-hybridized carbons (Fsp3) is 0.300. The van der Waals surface area contributed by atoms with Crippen LogP contribution in [-0.2, 0) is 9.84 Å². The minimum absolute atomic E-state index is 0.270. The Kier molecular flexibility index (Phi) is 5.64. The lowest BCUT2D eigenvalue weighted by Gasteiger charge is -2.24. The fourth-order valence-electron chi connectivity index (χ4n) is 3.07. The second kappa shape index (κ2) is 7.80. The molecule has 0 saturated carbocycles. The molecular weight excluding hydrogens is 365 g/mol. The van der Waals surface area contributed by atoms with E-state index in [-0.39, 0.29) is 5.82 Å². The van der Waals surface area contributed by atoms with Crippen molar-refractivity contribution in [2.24, 2.45) is 0 Å². The number of rotatable bonds is 6. The molecule has 1 N–H and O–H groups in total. The molecule has 5 nitrogen and oxygen atoms in total. The molecule has 0 radical (unpaired) electrons. The lowest BCUT2D eigenvalue weighted by molar-refractivity contribution is 0.276. The maximum absolute atomic E-state index is 13.3. The van der Waals surface area contributed by atoms with Crippen LogP contribution in [0, 0.1) is 5.82 Å². The first-order valence-electron chi connectivity index (χ1n) is 8.71. The molecule has 0 atom stereocenters. The minimum Gasteiger partial charge on any atom is -0.308 e. The summed E-state index contributed by atoms with van der Waals surface area (Å²) in [5.41, 5.74) is 7.30. The van der Waals surface area contributed by atoms with E-state index < -0.39 is 9.84 Å². The van der Waals surface area contributed by atoms with Crippen LogP contribution < -0.4 is 5.43 Å². The van der Waals surface area contributed by atoms with Crippen LogP contribution in [0.3, 0.4) is 0 Å². The Labute approximate surface area is 160 Å². The number of halogens is 1. The largest absolute Gasteiger partial charge is 0.308 e. The molecule has 1 aliphatic heterocycles. The third kappa shape index (κ3) is 4.55. The summed E-state index contributed by atoms with van der Waals surface area (Å²) in [6, 6.07) is 13.4. The third-order valence-electron chi connectivity index (χ3n) is 4.52. The molecule has 0 aromatic heterocycles. The van der Waals surface area contributed by atoms with Gasteiger partial charge in [0.1, 0.15) is 5.82 Å². The van der Waals surface area contributed by atoms with E-state index in [2.05, 4.69) is 15.3 Å². The van der Waals surface area contributed by atoms with Crippen molar-refractivity contribution in [3.8, 4) is 0 Å². The Balaban J connectivity index is 2.04. The van der Waals surface area contributed by atoms with Gasteiger partial charge in [0.05, 0.1) is 10.6 Å². The molecule has 0 amide bonds. The molecule has 2 aromatic rings. The normalized spacial score (nSPS) is 15.1. The van der Waals surface area contributed by atoms with E-state index in [1.165, 1.54) is 18.4 Å². The van der Waals surface area contributed by atoms with Gasteiger partial charge in [-0.1, -0.05) is 24.3 Å². The molecule has 2 aromatic carbocycles. The predicted molar refractivity (Wildman–Crippen MR) is 106 cm³/mol. The zero-order valence-electron chi connectivity index (χ0n) is 15.7. The molecule has 0 unspecified atom stereocenters. The lowest BCUT2D eigenvalue weighted by Crippen LogP contribution is -2.36. The van der Waals surface area contributed by atoms with E-state index in [9.17, 15) is 12.8 Å². The highest BCUT2D eigenvalue weighted by Gasteiger charge is 2.25. The second-order valence-corrected chi connectivity index (χ2v) is 8.94. The topological polar surface area (TPSA) is 52.6 Å². The summed E-state index contributed by atoms with van der Waals surface area (Å²) < 4.78 is 36.8. The summed E-state index contributed by atoms with van der Waals surface area (Å²) >= 11 is 0. The monoisotopic (exact) mass is 389 g/mol. The van der Waals surface area contributed by atoms with E-state index in [0.29, 0.717) is 11.4 Å². The van der Waals surface area contributed by atoms with Crippen LogP contribution in [0.15, 0.2) is 53.4 Å². The van der Waals surface area contributed by atoms with Crippen molar-refractivity contribution in [3.63, 3.8) is 0 Å². The summed E-state index contributed by atoms with van der Waals surface area (Å²) in [6.45, 7) is 2.25. The van der Waals surface area contributed by atoms with Gasteiger partial charge in [0, 0.05) is 31.5 Å². The highest BCUT2D eigenvalue weighted by molar-refractivity contribution is 7.90. The molecule has 7 heteroatoms. The summed E-state index contributed by atoms with van der Waals surface area (Å²) in [6.07, 6.45) is 1.20. The van der Waals surface area contributed by atoms with Gasteiger partial charge in [-0.25, -0.2) is 18.2 Å². The Morgan fingerprint density at radius 2 is 1.63 bits per heavy atom. The quantitative estimate of drug-likeness (QED) is 0.823. The van der Waals surface area contributed by atoms with Crippen LogP contribution in [0.2, 0.25) is 0 Å². The molecule has 0 spiro atoms. The lowest BCUT2D eigenvalue weighted by atomic mass is 10.0. The minimum atomic E-state index is -3.24. The first-order chi connectivity index (χ1) is 12.8. The van der Waals surface area contributed by atoms with Crippen LogP contribution in [0.4, 0.5) is 4.39 Å². The predicted octanol–water partition coefficient (Wildman–Crippen LogP) is 2.48. The van der Waals surface area contributed by atoms with E-state index in [4.69, 9.17) is 0 Å². The SMILES string of the molecule is CN(C)CCN1NCC(c2ccc(F)cc2)=C1c1ccc(S(C)(=O)=O)cc1. The van der Waals surface area contributed by atoms with Crippen LogP contribution in [-0.4, -0.2) is 58.3 Å². The van der Waals surface area contributed by atoms with Crippen molar-refractivity contribution >= 4 is 21.1 Å². The van der Waals surface area contributed by atoms with Crippen molar-refractivity contribution in [1.82, 2.24) is 15.3 Å². The third-order valence-corrected chi connectivity index (χ3v) is 5.65. The molecule has 0 fully saturated rings. The van der Waals surface area contributed by atoms with Gasteiger partial charge >= 0.3 is 0 Å². The average molecular weight is 389 g/mol. The number of nitrogens with zero attached hydrogens (tertiary/aromatic N) is 2. The summed E-state index contributed by atoms with van der Waals surface area (Å²) in [5, 5.41) is 2.08. The average Bonchev–Trinajstić information content (AvgIpc) is 3.04. The van der Waals surface area contributed by atoms with E-state index in [1.54, 1.807) is 24.3 Å². The van der Waals surface area contributed by atoms with Crippen LogP contribution in [0.25, 0.3) is 11.3 Å². The van der Waals surface area contributed by atoms with Crippen molar-refractivity contribution < 1.29 is 12.8 Å². The Morgan fingerprint density at radius 3 is 2.19 bits per heavy atom. The van der Waals surface area contributed by atoms with Crippen LogP contribution >= 0.6 is 0 Å². The molecular formula is C20H24FN3O2S. The fourth-order valence-corrected chi connectivity index (χ4v) is 3.70. The number of sulfone groups is 1. The molecule has 0 bridgehead atoms. The smallest absolute Gasteiger partial charge is 0.175 e. The van der Waals surface area contributed by atoms with E-state index in [1.807, 2.05) is 26.2 Å². The van der Waals surface area contributed by atoms with Crippen molar-refractivity contribution in [2.75, 3.05) is 40.0 Å². The number of hydrogen-bond donors (Lipinski definition) is 1.